The van der Waals surface area contributed by atoms with Gasteiger partial charge in [-0.15, -0.1) is 11.3 Å². The van der Waals surface area contributed by atoms with Gasteiger partial charge in [-0.2, -0.15) is 0 Å². The molecule has 0 saturated heterocycles. The van der Waals surface area contributed by atoms with Crippen molar-refractivity contribution in [2.24, 2.45) is 0 Å². The van der Waals surface area contributed by atoms with Crippen molar-refractivity contribution in [1.82, 2.24) is 4.98 Å². The zero-order valence-electron chi connectivity index (χ0n) is 7.84. The first-order valence-electron chi connectivity index (χ1n) is 4.22. The highest BCUT2D eigenvalue weighted by Gasteiger charge is 2.10. The van der Waals surface area contributed by atoms with Crippen LogP contribution in [0.2, 0.25) is 0 Å². The molecule has 0 aliphatic rings. The summed E-state index contributed by atoms with van der Waals surface area (Å²) in [4.78, 5) is 15.1. The Morgan fingerprint density at radius 1 is 1.62 bits per heavy atom. The summed E-state index contributed by atoms with van der Waals surface area (Å²) in [5.74, 6) is 0. The molecule has 84 valence electrons. The topological polar surface area (TPSA) is 68.1 Å². The smallest absolute Gasteiger partial charge is 0.345 e. The molecule has 8 heteroatoms. The minimum atomic E-state index is -0.440. The monoisotopic (exact) mass is 319 g/mol. The van der Waals surface area contributed by atoms with Crippen LogP contribution < -0.4 is 5.32 Å². The molecule has 0 aromatic carbocycles. The number of nitrogens with one attached hydrogen (secondary N) is 1. The molecule has 1 N–H and O–H groups in total. The molecule has 2 rings (SSSR count). The Labute approximate surface area is 107 Å². The van der Waals surface area contributed by atoms with Crippen molar-refractivity contribution in [2.75, 3.05) is 5.32 Å². The lowest BCUT2D eigenvalue weighted by molar-refractivity contribution is -0.380. The van der Waals surface area contributed by atoms with Crippen LogP contribution in [0.4, 0.5) is 10.1 Å². The van der Waals surface area contributed by atoms with Crippen LogP contribution in [-0.2, 0) is 6.54 Å². The van der Waals surface area contributed by atoms with Gasteiger partial charge in [0.15, 0.2) is 5.13 Å². The Bertz CT molecular complexity index is 511. The standard InChI is InChI=1S/C8H6BrN3O2S2/c9-5-1-6(15-4-5)2-10-8-11-3-7(16-8)12(13)14/h1,3-4H,2H2,(H,10,11). The van der Waals surface area contributed by atoms with Crippen LogP contribution in [0.15, 0.2) is 22.1 Å². The minimum absolute atomic E-state index is 0.0508. The number of thiazole rings is 1. The highest BCUT2D eigenvalue weighted by Crippen LogP contribution is 2.26. The first-order chi connectivity index (χ1) is 7.65. The van der Waals surface area contributed by atoms with E-state index in [1.807, 2.05) is 11.4 Å². The molecular formula is C8H6BrN3O2S2. The van der Waals surface area contributed by atoms with E-state index in [0.29, 0.717) is 11.7 Å². The number of rotatable bonds is 4. The molecule has 2 aromatic rings. The van der Waals surface area contributed by atoms with E-state index in [9.17, 15) is 10.1 Å². The molecule has 0 aliphatic heterocycles. The molecule has 16 heavy (non-hydrogen) atoms. The van der Waals surface area contributed by atoms with Gasteiger partial charge in [0.05, 0.1) is 11.5 Å². The molecule has 0 saturated carbocycles. The molecule has 0 bridgehead atoms. The number of thiophene rings is 1. The second kappa shape index (κ2) is 4.89. The Morgan fingerprint density at radius 3 is 3.00 bits per heavy atom. The first-order valence-corrected chi connectivity index (χ1v) is 6.71. The fourth-order valence-electron chi connectivity index (χ4n) is 1.04. The maximum atomic E-state index is 10.4. The Morgan fingerprint density at radius 2 is 2.44 bits per heavy atom. The molecule has 0 radical (unpaired) electrons. The molecule has 0 fully saturated rings. The fraction of sp³-hybridized carbons (Fsp3) is 0.125. The Hall–Kier alpha value is -0.990. The van der Waals surface area contributed by atoms with E-state index in [2.05, 4.69) is 26.2 Å². The molecule has 0 spiro atoms. The van der Waals surface area contributed by atoms with Crippen LogP contribution in [0, 0.1) is 10.1 Å². The lowest BCUT2D eigenvalue weighted by Crippen LogP contribution is -1.95. The van der Waals surface area contributed by atoms with Gasteiger partial charge in [0.1, 0.15) is 6.20 Å². The summed E-state index contributed by atoms with van der Waals surface area (Å²) in [5, 5.41) is 16.1. The molecule has 2 heterocycles. The largest absolute Gasteiger partial charge is 0.356 e. The predicted molar refractivity (Wildman–Crippen MR) is 68.1 cm³/mol. The lowest BCUT2D eigenvalue weighted by Gasteiger charge is -1.97. The van der Waals surface area contributed by atoms with Crippen LogP contribution in [0.3, 0.4) is 0 Å². The van der Waals surface area contributed by atoms with Gasteiger partial charge in [-0.25, -0.2) is 4.98 Å². The van der Waals surface area contributed by atoms with Gasteiger partial charge >= 0.3 is 5.00 Å². The van der Waals surface area contributed by atoms with E-state index in [4.69, 9.17) is 0 Å². The SMILES string of the molecule is O=[N+]([O-])c1cnc(NCc2cc(Br)cs2)s1. The van der Waals surface area contributed by atoms with Crippen LogP contribution in [0.5, 0.6) is 0 Å². The summed E-state index contributed by atoms with van der Waals surface area (Å²) in [5.41, 5.74) is 0. The molecule has 0 aliphatic carbocycles. The maximum Gasteiger partial charge on any atom is 0.345 e. The molecule has 0 unspecified atom stereocenters. The second-order valence-corrected chi connectivity index (χ2v) is 5.77. The van der Waals surface area contributed by atoms with Crippen molar-refractivity contribution in [3.8, 4) is 0 Å². The van der Waals surface area contributed by atoms with E-state index in [-0.39, 0.29) is 5.00 Å². The summed E-state index contributed by atoms with van der Waals surface area (Å²) in [7, 11) is 0. The number of anilines is 1. The van der Waals surface area contributed by atoms with E-state index in [0.717, 1.165) is 20.7 Å². The molecule has 2 aromatic heterocycles. The summed E-state index contributed by atoms with van der Waals surface area (Å²) in [6, 6.07) is 2.00. The van der Waals surface area contributed by atoms with Gasteiger partial charge in [0.2, 0.25) is 0 Å². The molecule has 0 atom stereocenters. The number of hydrogen-bond donors (Lipinski definition) is 1. The average molecular weight is 320 g/mol. The summed E-state index contributed by atoms with van der Waals surface area (Å²) in [6.07, 6.45) is 1.26. The van der Waals surface area contributed by atoms with Gasteiger partial charge < -0.3 is 5.32 Å². The highest BCUT2D eigenvalue weighted by molar-refractivity contribution is 9.10. The minimum Gasteiger partial charge on any atom is -0.356 e. The number of nitro groups is 1. The quantitative estimate of drug-likeness (QED) is 0.692. The summed E-state index contributed by atoms with van der Waals surface area (Å²) >= 11 is 6.02. The van der Waals surface area contributed by atoms with E-state index in [1.165, 1.54) is 6.20 Å². The molecular weight excluding hydrogens is 314 g/mol. The Kier molecular flexibility index (Phi) is 3.52. The van der Waals surface area contributed by atoms with Crippen molar-refractivity contribution in [2.45, 2.75) is 6.54 Å². The fourth-order valence-corrected chi connectivity index (χ4v) is 3.06. The Balaban J connectivity index is 1.97. The van der Waals surface area contributed by atoms with Gasteiger partial charge in [0.25, 0.3) is 0 Å². The number of hydrogen-bond acceptors (Lipinski definition) is 6. The normalized spacial score (nSPS) is 10.3. The molecule has 0 amide bonds. The third-order valence-corrected chi connectivity index (χ3v) is 4.31. The van der Waals surface area contributed by atoms with Gasteiger partial charge in [0, 0.05) is 14.7 Å². The van der Waals surface area contributed by atoms with Crippen LogP contribution in [0.25, 0.3) is 0 Å². The predicted octanol–water partition coefficient (Wildman–Crippen LogP) is 3.49. The van der Waals surface area contributed by atoms with Crippen molar-refractivity contribution >= 4 is 48.7 Å². The van der Waals surface area contributed by atoms with Crippen LogP contribution in [-0.4, -0.2) is 9.91 Å². The number of aromatic nitrogens is 1. The average Bonchev–Trinajstić information content (AvgIpc) is 2.83. The van der Waals surface area contributed by atoms with E-state index < -0.39 is 4.92 Å². The third kappa shape index (κ3) is 2.77. The molecule has 5 nitrogen and oxygen atoms in total. The number of halogens is 1. The second-order valence-electron chi connectivity index (χ2n) is 2.85. The van der Waals surface area contributed by atoms with Crippen molar-refractivity contribution in [3.05, 3.63) is 37.1 Å². The van der Waals surface area contributed by atoms with Gasteiger partial charge in [-0.3, -0.25) is 10.1 Å². The van der Waals surface area contributed by atoms with E-state index >= 15 is 0 Å². The van der Waals surface area contributed by atoms with Crippen molar-refractivity contribution < 1.29 is 4.92 Å². The van der Waals surface area contributed by atoms with Crippen molar-refractivity contribution in [1.29, 1.82) is 0 Å². The van der Waals surface area contributed by atoms with Crippen LogP contribution >= 0.6 is 38.6 Å². The maximum absolute atomic E-state index is 10.4. The first kappa shape index (κ1) is 11.5. The zero-order valence-corrected chi connectivity index (χ0v) is 11.1. The van der Waals surface area contributed by atoms with E-state index in [1.54, 1.807) is 11.3 Å². The highest BCUT2D eigenvalue weighted by atomic mass is 79.9. The summed E-state index contributed by atoms with van der Waals surface area (Å²) < 4.78 is 1.04. The lowest BCUT2D eigenvalue weighted by atomic mass is 10.5. The van der Waals surface area contributed by atoms with Crippen molar-refractivity contribution in [3.63, 3.8) is 0 Å². The zero-order chi connectivity index (χ0) is 11.5. The summed E-state index contributed by atoms with van der Waals surface area (Å²) in [6.45, 7) is 0.626. The van der Waals surface area contributed by atoms with Gasteiger partial charge in [-0.05, 0) is 33.3 Å². The van der Waals surface area contributed by atoms with Crippen LogP contribution in [0.1, 0.15) is 4.88 Å². The van der Waals surface area contributed by atoms with Gasteiger partial charge in [-0.1, -0.05) is 0 Å². The number of nitrogens with zero attached hydrogens (tertiary/aromatic N) is 2. The third-order valence-electron chi connectivity index (χ3n) is 1.71.